The van der Waals surface area contributed by atoms with E-state index in [4.69, 9.17) is 9.47 Å². The standard InChI is InChI=1S/C26H38N2O6S3/c1-8-10-12-27-24(29)20(25(30)28(27)13-11-9-2)26-35-22-19(33-16(3)4)14-18(15-37(7,31)32)21(23(22)36-26)34-17(5)6/h14,16-17H,8-13,15H2,1-7H3. The highest BCUT2D eigenvalue weighted by atomic mass is 32.2. The van der Waals surface area contributed by atoms with Gasteiger partial charge in [0, 0.05) is 24.9 Å². The molecule has 1 aromatic rings. The van der Waals surface area contributed by atoms with Crippen LogP contribution in [0.1, 0.15) is 72.8 Å². The molecule has 0 unspecified atom stereocenters. The average Bonchev–Trinajstić information content (AvgIpc) is 3.31. The Morgan fingerprint density at radius 2 is 1.38 bits per heavy atom. The van der Waals surface area contributed by atoms with Gasteiger partial charge in [0.15, 0.2) is 9.84 Å². The molecule has 0 aromatic heterocycles. The molecule has 1 fully saturated rings. The van der Waals surface area contributed by atoms with Gasteiger partial charge in [0.25, 0.3) is 11.8 Å². The molecule has 37 heavy (non-hydrogen) atoms. The molecule has 1 saturated heterocycles. The topological polar surface area (TPSA) is 93.2 Å². The first-order valence-corrected chi connectivity index (χ1v) is 16.5. The minimum atomic E-state index is -3.36. The molecule has 2 heterocycles. The van der Waals surface area contributed by atoms with Crippen molar-refractivity contribution in [3.8, 4) is 11.5 Å². The molecule has 8 nitrogen and oxygen atoms in total. The van der Waals surface area contributed by atoms with Crippen LogP contribution in [0, 0.1) is 0 Å². The van der Waals surface area contributed by atoms with Crippen molar-refractivity contribution in [3.63, 3.8) is 0 Å². The van der Waals surface area contributed by atoms with Crippen molar-refractivity contribution in [3.05, 3.63) is 21.4 Å². The number of amides is 2. The number of rotatable bonds is 12. The molecular weight excluding hydrogens is 532 g/mol. The van der Waals surface area contributed by atoms with Crippen LogP contribution in [-0.4, -0.2) is 61.8 Å². The van der Waals surface area contributed by atoms with E-state index >= 15 is 0 Å². The van der Waals surface area contributed by atoms with Crippen molar-refractivity contribution in [1.29, 1.82) is 0 Å². The maximum atomic E-state index is 13.6. The largest absolute Gasteiger partial charge is 0.490 e. The highest BCUT2D eigenvalue weighted by molar-refractivity contribution is 8.25. The van der Waals surface area contributed by atoms with Crippen LogP contribution in [-0.2, 0) is 25.2 Å². The third kappa shape index (κ3) is 6.97. The Labute approximate surface area is 229 Å². The fourth-order valence-electron chi connectivity index (χ4n) is 4.05. The Balaban J connectivity index is 2.15. The Morgan fingerprint density at radius 1 is 0.865 bits per heavy atom. The minimum absolute atomic E-state index is 0.154. The van der Waals surface area contributed by atoms with Gasteiger partial charge < -0.3 is 9.47 Å². The molecule has 0 aliphatic carbocycles. The fourth-order valence-corrected chi connectivity index (χ4v) is 7.53. The number of hydrazine groups is 1. The van der Waals surface area contributed by atoms with E-state index in [1.54, 1.807) is 16.1 Å². The molecule has 3 rings (SSSR count). The zero-order valence-electron chi connectivity index (χ0n) is 22.8. The lowest BCUT2D eigenvalue weighted by Gasteiger charge is -2.27. The predicted octanol–water partition coefficient (Wildman–Crippen LogP) is 5.40. The molecular formula is C26H38N2O6S3. The monoisotopic (exact) mass is 570 g/mol. The summed E-state index contributed by atoms with van der Waals surface area (Å²) in [5, 5.41) is 3.17. The predicted molar refractivity (Wildman–Crippen MR) is 148 cm³/mol. The van der Waals surface area contributed by atoms with Crippen molar-refractivity contribution in [2.24, 2.45) is 0 Å². The number of nitrogens with zero attached hydrogens (tertiary/aromatic N) is 2. The molecule has 0 radical (unpaired) electrons. The smallest absolute Gasteiger partial charge is 0.279 e. The molecule has 0 atom stereocenters. The van der Waals surface area contributed by atoms with Crippen LogP contribution in [0.25, 0.3) is 0 Å². The highest BCUT2D eigenvalue weighted by Gasteiger charge is 2.45. The first-order valence-electron chi connectivity index (χ1n) is 12.8. The number of fused-ring (bicyclic) bond motifs is 1. The third-order valence-electron chi connectivity index (χ3n) is 5.60. The van der Waals surface area contributed by atoms with Gasteiger partial charge in [0.2, 0.25) is 0 Å². The molecule has 206 valence electrons. The zero-order valence-corrected chi connectivity index (χ0v) is 25.2. The maximum Gasteiger partial charge on any atom is 0.279 e. The van der Waals surface area contributed by atoms with E-state index in [1.165, 1.54) is 29.8 Å². The molecule has 1 aromatic carbocycles. The third-order valence-corrected chi connectivity index (χ3v) is 9.04. The summed E-state index contributed by atoms with van der Waals surface area (Å²) in [6.07, 6.45) is 4.26. The number of benzene rings is 1. The Bertz CT molecular complexity index is 1150. The second-order valence-electron chi connectivity index (χ2n) is 9.85. The van der Waals surface area contributed by atoms with E-state index in [-0.39, 0.29) is 35.3 Å². The van der Waals surface area contributed by atoms with Crippen LogP contribution in [0.4, 0.5) is 0 Å². The second-order valence-corrected chi connectivity index (χ2v) is 14.3. The number of thioether (sulfide) groups is 2. The lowest BCUT2D eigenvalue weighted by molar-refractivity contribution is -0.147. The number of sulfone groups is 1. The fraction of sp³-hybridized carbons (Fsp3) is 0.615. The van der Waals surface area contributed by atoms with E-state index in [9.17, 15) is 18.0 Å². The molecule has 0 saturated carbocycles. The van der Waals surface area contributed by atoms with Crippen molar-refractivity contribution < 1.29 is 27.5 Å². The summed E-state index contributed by atoms with van der Waals surface area (Å²) in [5.41, 5.74) is 0.664. The van der Waals surface area contributed by atoms with E-state index in [0.717, 1.165) is 30.6 Å². The molecule has 0 N–H and O–H groups in total. The number of carbonyl (C=O) groups is 2. The van der Waals surface area contributed by atoms with Crippen molar-refractivity contribution in [1.82, 2.24) is 10.0 Å². The van der Waals surface area contributed by atoms with Crippen LogP contribution >= 0.6 is 23.5 Å². The van der Waals surface area contributed by atoms with Gasteiger partial charge in [0.05, 0.1) is 32.0 Å². The number of carbonyl (C=O) groups excluding carboxylic acids is 2. The summed E-state index contributed by atoms with van der Waals surface area (Å²) in [7, 11) is -3.36. The average molecular weight is 571 g/mol. The summed E-state index contributed by atoms with van der Waals surface area (Å²) in [6, 6.07) is 1.72. The van der Waals surface area contributed by atoms with E-state index in [1.807, 2.05) is 27.7 Å². The van der Waals surface area contributed by atoms with Gasteiger partial charge in [0.1, 0.15) is 17.1 Å². The van der Waals surface area contributed by atoms with Crippen LogP contribution in [0.2, 0.25) is 0 Å². The van der Waals surface area contributed by atoms with Crippen LogP contribution < -0.4 is 9.47 Å². The maximum absolute atomic E-state index is 13.6. The van der Waals surface area contributed by atoms with Crippen molar-refractivity contribution >= 4 is 45.2 Å². The van der Waals surface area contributed by atoms with Gasteiger partial charge in [-0.05, 0) is 46.6 Å². The van der Waals surface area contributed by atoms with Crippen molar-refractivity contribution in [2.75, 3.05) is 19.3 Å². The molecule has 2 amide bonds. The molecule has 2 aliphatic heterocycles. The summed E-state index contributed by atoms with van der Waals surface area (Å²) in [4.78, 5) is 28.5. The lowest BCUT2D eigenvalue weighted by Crippen LogP contribution is -2.42. The normalized spacial score (nSPS) is 16.0. The quantitative estimate of drug-likeness (QED) is 0.244. The Kier molecular flexibility index (Phi) is 9.90. The number of hydrogen-bond acceptors (Lipinski definition) is 8. The molecule has 11 heteroatoms. The Morgan fingerprint density at radius 3 is 1.84 bits per heavy atom. The molecule has 0 bridgehead atoms. The highest BCUT2D eigenvalue weighted by Crippen LogP contribution is 2.60. The Hall–Kier alpha value is -1.85. The van der Waals surface area contributed by atoms with Crippen molar-refractivity contribution in [2.45, 2.75) is 95.0 Å². The zero-order chi connectivity index (χ0) is 27.5. The van der Waals surface area contributed by atoms with Gasteiger partial charge in [-0.15, -0.1) is 0 Å². The first-order chi connectivity index (χ1) is 17.4. The number of ether oxygens (including phenoxy) is 2. The van der Waals surface area contributed by atoms with Gasteiger partial charge in [-0.1, -0.05) is 50.2 Å². The summed E-state index contributed by atoms with van der Waals surface area (Å²) >= 11 is 2.61. The van der Waals surface area contributed by atoms with E-state index in [0.29, 0.717) is 39.3 Å². The molecule has 0 spiro atoms. The van der Waals surface area contributed by atoms with Gasteiger partial charge >= 0.3 is 0 Å². The van der Waals surface area contributed by atoms with E-state index < -0.39 is 9.84 Å². The number of hydrogen-bond donors (Lipinski definition) is 0. The second kappa shape index (κ2) is 12.3. The number of unbranched alkanes of at least 4 members (excludes halogenated alkanes) is 2. The van der Waals surface area contributed by atoms with Gasteiger partial charge in [-0.3, -0.25) is 9.59 Å². The van der Waals surface area contributed by atoms with E-state index in [2.05, 4.69) is 13.8 Å². The minimum Gasteiger partial charge on any atom is -0.490 e. The first kappa shape index (κ1) is 29.7. The lowest BCUT2D eigenvalue weighted by atomic mass is 10.2. The van der Waals surface area contributed by atoms with Crippen LogP contribution in [0.15, 0.2) is 25.7 Å². The summed E-state index contributed by atoms with van der Waals surface area (Å²) in [6.45, 7) is 12.6. The summed E-state index contributed by atoms with van der Waals surface area (Å²) in [5.74, 6) is 0.207. The SMILES string of the molecule is CCCCN1C(=O)C(=C2Sc3c(OC(C)C)cc(CS(C)(=O)=O)c(OC(C)C)c3S2)C(=O)N1CCCC. The van der Waals surface area contributed by atoms with Gasteiger partial charge in [-0.25, -0.2) is 18.4 Å². The van der Waals surface area contributed by atoms with Gasteiger partial charge in [-0.2, -0.15) is 0 Å². The molecule has 2 aliphatic rings. The van der Waals surface area contributed by atoms with Crippen LogP contribution in [0.5, 0.6) is 11.5 Å². The van der Waals surface area contributed by atoms with Crippen LogP contribution in [0.3, 0.4) is 0 Å². The summed E-state index contributed by atoms with van der Waals surface area (Å²) < 4.78 is 37.3.